The maximum atomic E-state index is 12.3. The van der Waals surface area contributed by atoms with E-state index in [9.17, 15) is 14.4 Å². The molecule has 0 aromatic heterocycles. The third kappa shape index (κ3) is 5.14. The monoisotopic (exact) mass is 410 g/mol. The van der Waals surface area contributed by atoms with Crippen LogP contribution in [0.5, 0.6) is 5.75 Å². The van der Waals surface area contributed by atoms with E-state index in [1.54, 1.807) is 23.1 Å². The molecule has 0 radical (unpaired) electrons. The molecule has 1 aromatic rings. The summed E-state index contributed by atoms with van der Waals surface area (Å²) >= 11 is 5.98. The van der Waals surface area contributed by atoms with E-state index in [4.69, 9.17) is 25.8 Å². The maximum Gasteiger partial charge on any atom is 0.313 e. The Hall–Kier alpha value is -2.32. The van der Waals surface area contributed by atoms with Gasteiger partial charge in [-0.15, -0.1) is 0 Å². The van der Waals surface area contributed by atoms with Crippen LogP contribution in [0.3, 0.4) is 0 Å². The van der Waals surface area contributed by atoms with Gasteiger partial charge in [-0.1, -0.05) is 11.6 Å². The lowest BCUT2D eigenvalue weighted by atomic mass is 9.97. The molecule has 2 heterocycles. The second-order valence-electron chi connectivity index (χ2n) is 6.81. The number of carbonyl (C=O) groups is 3. The molecule has 152 valence electrons. The molecular formula is C19H23ClN2O6. The van der Waals surface area contributed by atoms with Crippen molar-refractivity contribution in [1.82, 2.24) is 9.80 Å². The van der Waals surface area contributed by atoms with Crippen molar-refractivity contribution in [1.29, 1.82) is 0 Å². The van der Waals surface area contributed by atoms with Crippen molar-refractivity contribution in [3.63, 3.8) is 0 Å². The summed E-state index contributed by atoms with van der Waals surface area (Å²) in [5, 5.41) is 0.568. The highest BCUT2D eigenvalue weighted by atomic mass is 35.5. The molecule has 1 atom stereocenters. The van der Waals surface area contributed by atoms with Crippen LogP contribution in [-0.2, 0) is 30.3 Å². The highest BCUT2D eigenvalue weighted by Gasteiger charge is 2.28. The van der Waals surface area contributed by atoms with Gasteiger partial charge in [-0.05, 0) is 30.2 Å². The van der Waals surface area contributed by atoms with Gasteiger partial charge in [-0.25, -0.2) is 0 Å². The van der Waals surface area contributed by atoms with Gasteiger partial charge in [0.2, 0.25) is 5.91 Å². The molecule has 3 rings (SSSR count). The van der Waals surface area contributed by atoms with Gasteiger partial charge in [-0.2, -0.15) is 0 Å². The minimum atomic E-state index is -0.508. The summed E-state index contributed by atoms with van der Waals surface area (Å²) in [5.74, 6) is -0.897. The Morgan fingerprint density at radius 3 is 2.79 bits per heavy atom. The fourth-order valence-electron chi connectivity index (χ4n) is 3.08. The van der Waals surface area contributed by atoms with Gasteiger partial charge in [0.05, 0.1) is 25.7 Å². The first-order chi connectivity index (χ1) is 13.4. The standard InChI is InChI=1S/C19H23ClN2O6/c1-21(10-17(23)22-4-6-26-7-5-22)18(24)12-28-19(25)14-8-13-9-15(20)2-3-16(13)27-11-14/h2-3,9,14H,4-8,10-12H2,1H3/t14-/m1/s1. The lowest BCUT2D eigenvalue weighted by molar-refractivity contribution is -0.157. The van der Waals surface area contributed by atoms with Crippen LogP contribution in [-0.4, -0.2) is 80.7 Å². The predicted octanol–water partition coefficient (Wildman–Crippen LogP) is 0.752. The minimum absolute atomic E-state index is 0.0607. The van der Waals surface area contributed by atoms with E-state index in [-0.39, 0.29) is 19.1 Å². The van der Waals surface area contributed by atoms with Crippen LogP contribution in [0.15, 0.2) is 18.2 Å². The molecule has 9 heteroatoms. The molecule has 2 aliphatic heterocycles. The normalized spacial score (nSPS) is 18.6. The van der Waals surface area contributed by atoms with Gasteiger partial charge < -0.3 is 24.0 Å². The molecule has 1 aromatic carbocycles. The zero-order valence-electron chi connectivity index (χ0n) is 15.7. The smallest absolute Gasteiger partial charge is 0.313 e. The first-order valence-corrected chi connectivity index (χ1v) is 9.49. The Balaban J connectivity index is 1.44. The van der Waals surface area contributed by atoms with Crippen molar-refractivity contribution in [2.24, 2.45) is 5.92 Å². The number of esters is 1. The van der Waals surface area contributed by atoms with Gasteiger partial charge in [0.15, 0.2) is 6.61 Å². The topological polar surface area (TPSA) is 85.4 Å². The van der Waals surface area contributed by atoms with Crippen molar-refractivity contribution in [3.8, 4) is 5.75 Å². The number of hydrogen-bond acceptors (Lipinski definition) is 6. The number of hydrogen-bond donors (Lipinski definition) is 0. The Labute approximate surface area is 168 Å². The Morgan fingerprint density at radius 1 is 1.29 bits per heavy atom. The molecule has 2 aliphatic rings. The van der Waals surface area contributed by atoms with E-state index in [0.29, 0.717) is 43.5 Å². The first kappa shape index (κ1) is 20.4. The van der Waals surface area contributed by atoms with Gasteiger partial charge in [0, 0.05) is 25.2 Å². The van der Waals surface area contributed by atoms with E-state index in [2.05, 4.69) is 0 Å². The summed E-state index contributed by atoms with van der Waals surface area (Å²) in [4.78, 5) is 39.6. The lowest BCUT2D eigenvalue weighted by Crippen LogP contribution is -2.46. The number of ether oxygens (including phenoxy) is 3. The summed E-state index contributed by atoms with van der Waals surface area (Å²) in [5.41, 5.74) is 0.834. The van der Waals surface area contributed by atoms with Crippen LogP contribution < -0.4 is 4.74 Å². The Bertz CT molecular complexity index is 750. The van der Waals surface area contributed by atoms with E-state index in [1.807, 2.05) is 0 Å². The number of likely N-dealkylation sites (N-methyl/N-ethyl adjacent to an activating group) is 1. The van der Waals surface area contributed by atoms with Crippen LogP contribution in [0, 0.1) is 5.92 Å². The van der Waals surface area contributed by atoms with Crippen LogP contribution in [0.25, 0.3) is 0 Å². The lowest BCUT2D eigenvalue weighted by Gasteiger charge is -2.28. The molecule has 2 amide bonds. The van der Waals surface area contributed by atoms with Crippen LogP contribution in [0.1, 0.15) is 5.56 Å². The third-order valence-corrected chi connectivity index (χ3v) is 5.00. The summed E-state index contributed by atoms with van der Waals surface area (Å²) in [6, 6.07) is 5.25. The summed E-state index contributed by atoms with van der Waals surface area (Å²) in [6.45, 7) is 1.75. The van der Waals surface area contributed by atoms with Crippen molar-refractivity contribution in [2.45, 2.75) is 6.42 Å². The molecule has 8 nitrogen and oxygen atoms in total. The van der Waals surface area contributed by atoms with Crippen molar-refractivity contribution >= 4 is 29.4 Å². The van der Waals surface area contributed by atoms with E-state index >= 15 is 0 Å². The number of carbonyl (C=O) groups excluding carboxylic acids is 3. The minimum Gasteiger partial charge on any atom is -0.492 e. The zero-order valence-corrected chi connectivity index (χ0v) is 16.4. The van der Waals surface area contributed by atoms with E-state index in [0.717, 1.165) is 5.56 Å². The SMILES string of the molecule is CN(CC(=O)N1CCOCC1)C(=O)COC(=O)[C@H]1COc2ccc(Cl)cc2C1. The number of amides is 2. The fraction of sp³-hybridized carbons (Fsp3) is 0.526. The number of fused-ring (bicyclic) bond motifs is 1. The third-order valence-electron chi connectivity index (χ3n) is 4.76. The number of benzene rings is 1. The molecule has 0 aliphatic carbocycles. The quantitative estimate of drug-likeness (QED) is 0.666. The molecule has 0 saturated carbocycles. The van der Waals surface area contributed by atoms with Crippen molar-refractivity contribution in [2.75, 3.05) is 53.1 Å². The largest absolute Gasteiger partial charge is 0.492 e. The fourth-order valence-corrected chi connectivity index (χ4v) is 3.27. The van der Waals surface area contributed by atoms with Crippen LogP contribution in [0.2, 0.25) is 5.02 Å². The van der Waals surface area contributed by atoms with Gasteiger partial charge in [-0.3, -0.25) is 14.4 Å². The first-order valence-electron chi connectivity index (χ1n) is 9.11. The predicted molar refractivity (Wildman–Crippen MR) is 100 cm³/mol. The number of rotatable bonds is 5. The molecule has 0 unspecified atom stereocenters. The van der Waals surface area contributed by atoms with Gasteiger partial charge >= 0.3 is 5.97 Å². The van der Waals surface area contributed by atoms with E-state index in [1.165, 1.54) is 11.9 Å². The second-order valence-corrected chi connectivity index (χ2v) is 7.25. The van der Waals surface area contributed by atoms with Crippen LogP contribution in [0.4, 0.5) is 0 Å². The van der Waals surface area contributed by atoms with Crippen LogP contribution >= 0.6 is 11.6 Å². The molecule has 0 bridgehead atoms. The number of nitrogens with zero attached hydrogens (tertiary/aromatic N) is 2. The zero-order chi connectivity index (χ0) is 20.1. The molecule has 0 N–H and O–H groups in total. The average molecular weight is 411 g/mol. The van der Waals surface area contributed by atoms with Crippen molar-refractivity contribution < 1.29 is 28.6 Å². The Morgan fingerprint density at radius 2 is 2.04 bits per heavy atom. The number of halogens is 1. The highest BCUT2D eigenvalue weighted by molar-refractivity contribution is 6.30. The second kappa shape index (κ2) is 9.25. The average Bonchev–Trinajstić information content (AvgIpc) is 2.71. The van der Waals surface area contributed by atoms with Crippen molar-refractivity contribution in [3.05, 3.63) is 28.8 Å². The molecule has 1 fully saturated rings. The summed E-state index contributed by atoms with van der Waals surface area (Å²) in [7, 11) is 1.51. The van der Waals surface area contributed by atoms with E-state index < -0.39 is 24.4 Å². The summed E-state index contributed by atoms with van der Waals surface area (Å²) in [6.07, 6.45) is 0.439. The molecule has 0 spiro atoms. The molecular weight excluding hydrogens is 388 g/mol. The number of morpholine rings is 1. The Kier molecular flexibility index (Phi) is 6.74. The molecule has 1 saturated heterocycles. The van der Waals surface area contributed by atoms with Gasteiger partial charge in [0.1, 0.15) is 12.4 Å². The highest BCUT2D eigenvalue weighted by Crippen LogP contribution is 2.30. The molecule has 28 heavy (non-hydrogen) atoms. The maximum absolute atomic E-state index is 12.3. The summed E-state index contributed by atoms with van der Waals surface area (Å²) < 4.78 is 15.9. The van der Waals surface area contributed by atoms with Gasteiger partial charge in [0.25, 0.3) is 5.91 Å².